The van der Waals surface area contributed by atoms with Gasteiger partial charge >= 0.3 is 5.97 Å². The second kappa shape index (κ2) is 8.36. The van der Waals surface area contributed by atoms with E-state index in [-0.39, 0.29) is 11.3 Å². The van der Waals surface area contributed by atoms with Gasteiger partial charge in [-0.25, -0.2) is 4.79 Å². The highest BCUT2D eigenvalue weighted by atomic mass is 16.5. The van der Waals surface area contributed by atoms with E-state index < -0.39 is 5.97 Å². The molecule has 4 rings (SSSR count). The Morgan fingerprint density at radius 3 is 1.83 bits per heavy atom. The highest BCUT2D eigenvalue weighted by molar-refractivity contribution is 6.14. The van der Waals surface area contributed by atoms with Crippen LogP contribution in [0.2, 0.25) is 0 Å². The van der Waals surface area contributed by atoms with Gasteiger partial charge in [0.15, 0.2) is 5.78 Å². The van der Waals surface area contributed by atoms with Gasteiger partial charge in [-0.1, -0.05) is 97.1 Å². The van der Waals surface area contributed by atoms with Gasteiger partial charge in [0, 0.05) is 16.7 Å². The number of esters is 1. The monoisotopic (exact) mass is 378 g/mol. The van der Waals surface area contributed by atoms with Gasteiger partial charge in [-0.05, 0) is 17.7 Å². The third-order valence-electron chi connectivity index (χ3n) is 4.60. The Kier molecular flexibility index (Phi) is 5.30. The van der Waals surface area contributed by atoms with E-state index in [0.717, 1.165) is 11.1 Å². The van der Waals surface area contributed by atoms with Crippen molar-refractivity contribution in [3.8, 4) is 16.9 Å². The number of ether oxygens (including phenoxy) is 1. The molecule has 3 heteroatoms. The van der Waals surface area contributed by atoms with Crippen LogP contribution < -0.4 is 4.74 Å². The number of para-hydroxylation sites is 1. The molecule has 0 atom stereocenters. The summed E-state index contributed by atoms with van der Waals surface area (Å²) in [5.74, 6) is -0.326. The molecule has 0 unspecified atom stereocenters. The van der Waals surface area contributed by atoms with E-state index in [1.54, 1.807) is 54.6 Å². The number of benzene rings is 4. The van der Waals surface area contributed by atoms with Crippen LogP contribution in [0.15, 0.2) is 109 Å². The summed E-state index contributed by atoms with van der Waals surface area (Å²) in [5, 5.41) is 0. The lowest BCUT2D eigenvalue weighted by atomic mass is 9.98. The Bertz CT molecular complexity index is 1150. The number of carbonyl (C=O) groups is 2. The van der Waals surface area contributed by atoms with Crippen molar-refractivity contribution in [2.75, 3.05) is 0 Å². The average Bonchev–Trinajstić information content (AvgIpc) is 2.80. The van der Waals surface area contributed by atoms with Gasteiger partial charge in [-0.2, -0.15) is 0 Å². The van der Waals surface area contributed by atoms with E-state index in [0.29, 0.717) is 16.9 Å². The van der Waals surface area contributed by atoms with Gasteiger partial charge in [-0.3, -0.25) is 4.79 Å². The van der Waals surface area contributed by atoms with E-state index in [1.165, 1.54) is 0 Å². The first kappa shape index (κ1) is 18.4. The highest BCUT2D eigenvalue weighted by Gasteiger charge is 2.20. The number of hydrogen-bond acceptors (Lipinski definition) is 3. The topological polar surface area (TPSA) is 43.4 Å². The maximum atomic E-state index is 13.0. The zero-order valence-corrected chi connectivity index (χ0v) is 15.6. The Hall–Kier alpha value is -3.98. The van der Waals surface area contributed by atoms with Crippen LogP contribution in [0, 0.1) is 0 Å². The maximum Gasteiger partial charge on any atom is 0.344 e. The number of hydrogen-bond donors (Lipinski definition) is 0. The lowest BCUT2D eigenvalue weighted by Gasteiger charge is -2.12. The molecular weight excluding hydrogens is 360 g/mol. The third kappa shape index (κ3) is 3.99. The van der Waals surface area contributed by atoms with Gasteiger partial charge in [0.05, 0.1) is 5.56 Å². The molecule has 4 aromatic carbocycles. The summed E-state index contributed by atoms with van der Waals surface area (Å²) in [5.41, 5.74) is 2.85. The van der Waals surface area contributed by atoms with Gasteiger partial charge < -0.3 is 4.74 Å². The minimum atomic E-state index is -0.562. The van der Waals surface area contributed by atoms with Crippen molar-refractivity contribution in [3.63, 3.8) is 0 Å². The van der Waals surface area contributed by atoms with E-state index in [2.05, 4.69) is 0 Å². The van der Waals surface area contributed by atoms with E-state index >= 15 is 0 Å². The highest BCUT2D eigenvalue weighted by Crippen LogP contribution is 2.30. The van der Waals surface area contributed by atoms with Gasteiger partial charge in [0.2, 0.25) is 0 Å². The van der Waals surface area contributed by atoms with Crippen LogP contribution in [-0.2, 0) is 0 Å². The molecule has 0 aliphatic heterocycles. The van der Waals surface area contributed by atoms with Crippen LogP contribution in [-0.4, -0.2) is 11.8 Å². The van der Waals surface area contributed by atoms with E-state index in [9.17, 15) is 9.59 Å². The summed E-state index contributed by atoms with van der Waals surface area (Å²) in [6.45, 7) is 0. The minimum absolute atomic E-state index is 0.213. The zero-order chi connectivity index (χ0) is 20.1. The van der Waals surface area contributed by atoms with Crippen molar-refractivity contribution in [1.82, 2.24) is 0 Å². The van der Waals surface area contributed by atoms with Crippen molar-refractivity contribution in [2.24, 2.45) is 0 Å². The number of carbonyl (C=O) groups excluding carboxylic acids is 2. The lowest BCUT2D eigenvalue weighted by molar-refractivity contribution is 0.0731. The predicted octanol–water partition coefficient (Wildman–Crippen LogP) is 5.80. The Morgan fingerprint density at radius 2 is 1.10 bits per heavy atom. The van der Waals surface area contributed by atoms with Crippen molar-refractivity contribution < 1.29 is 14.3 Å². The zero-order valence-electron chi connectivity index (χ0n) is 15.6. The first-order valence-corrected chi connectivity index (χ1v) is 9.29. The molecule has 0 heterocycles. The number of ketones is 1. The summed E-state index contributed by atoms with van der Waals surface area (Å²) in [6.07, 6.45) is 0. The second-order valence-electron chi connectivity index (χ2n) is 6.49. The molecule has 0 aliphatic rings. The molecule has 3 nitrogen and oxygen atoms in total. The minimum Gasteiger partial charge on any atom is -0.422 e. The van der Waals surface area contributed by atoms with Crippen LogP contribution in [0.1, 0.15) is 26.3 Å². The molecule has 4 aromatic rings. The second-order valence-corrected chi connectivity index (χ2v) is 6.49. The van der Waals surface area contributed by atoms with Crippen molar-refractivity contribution in [3.05, 3.63) is 126 Å². The van der Waals surface area contributed by atoms with E-state index in [4.69, 9.17) is 4.74 Å². The molecule has 0 fully saturated rings. The molecule has 0 radical (unpaired) electrons. The van der Waals surface area contributed by atoms with Crippen LogP contribution >= 0.6 is 0 Å². The Balaban J connectivity index is 1.67. The summed E-state index contributed by atoms with van der Waals surface area (Å²) in [4.78, 5) is 25.9. The quantitative estimate of drug-likeness (QED) is 0.250. The molecular formula is C26H18O3. The fraction of sp³-hybridized carbons (Fsp3) is 0. The van der Waals surface area contributed by atoms with Gasteiger partial charge in [0.1, 0.15) is 5.75 Å². The van der Waals surface area contributed by atoms with Crippen molar-refractivity contribution in [1.29, 1.82) is 0 Å². The first-order valence-electron chi connectivity index (χ1n) is 9.29. The smallest absolute Gasteiger partial charge is 0.344 e. The van der Waals surface area contributed by atoms with Crippen LogP contribution in [0.25, 0.3) is 11.1 Å². The maximum absolute atomic E-state index is 13.0. The summed E-state index contributed by atoms with van der Waals surface area (Å²) < 4.78 is 5.72. The fourth-order valence-electron chi connectivity index (χ4n) is 3.17. The molecule has 0 saturated carbocycles. The van der Waals surface area contributed by atoms with Crippen LogP contribution in [0.5, 0.6) is 5.75 Å². The molecule has 0 saturated heterocycles. The number of rotatable bonds is 5. The normalized spacial score (nSPS) is 10.3. The first-order chi connectivity index (χ1) is 14.2. The SMILES string of the molecule is O=C(Oc1ccccc1-c1ccccc1)c1ccccc1C(=O)c1ccccc1. The molecule has 0 bridgehead atoms. The Labute approximate surface area is 169 Å². The van der Waals surface area contributed by atoms with Gasteiger partial charge in [-0.15, -0.1) is 0 Å². The lowest BCUT2D eigenvalue weighted by Crippen LogP contribution is -2.15. The Morgan fingerprint density at radius 1 is 0.552 bits per heavy atom. The molecule has 0 aromatic heterocycles. The predicted molar refractivity (Wildman–Crippen MR) is 113 cm³/mol. The molecule has 0 spiro atoms. The van der Waals surface area contributed by atoms with Crippen molar-refractivity contribution in [2.45, 2.75) is 0 Å². The third-order valence-corrected chi connectivity index (χ3v) is 4.60. The molecule has 0 aliphatic carbocycles. The molecule has 0 amide bonds. The molecule has 0 N–H and O–H groups in total. The van der Waals surface area contributed by atoms with Crippen LogP contribution in [0.4, 0.5) is 0 Å². The fourth-order valence-corrected chi connectivity index (χ4v) is 3.17. The van der Waals surface area contributed by atoms with Crippen LogP contribution in [0.3, 0.4) is 0 Å². The summed E-state index contributed by atoms with van der Waals surface area (Å²) in [7, 11) is 0. The summed E-state index contributed by atoms with van der Waals surface area (Å²) in [6, 6.07) is 32.7. The van der Waals surface area contributed by atoms with Gasteiger partial charge in [0.25, 0.3) is 0 Å². The van der Waals surface area contributed by atoms with Crippen molar-refractivity contribution >= 4 is 11.8 Å². The largest absolute Gasteiger partial charge is 0.422 e. The molecule has 140 valence electrons. The molecule has 29 heavy (non-hydrogen) atoms. The standard InChI is InChI=1S/C26H18O3/c27-25(20-13-5-2-6-14-20)22-16-7-8-17-23(22)26(28)29-24-18-10-9-15-21(24)19-11-3-1-4-12-19/h1-18H. The summed E-state index contributed by atoms with van der Waals surface area (Å²) >= 11 is 0. The average molecular weight is 378 g/mol. The van der Waals surface area contributed by atoms with E-state index in [1.807, 2.05) is 54.6 Å².